The summed E-state index contributed by atoms with van der Waals surface area (Å²) in [5, 5.41) is 3.25. The molecule has 0 unspecified atom stereocenters. The van der Waals surface area contributed by atoms with Gasteiger partial charge < -0.3 is 10.2 Å². The predicted molar refractivity (Wildman–Crippen MR) is 67.6 cm³/mol. The Morgan fingerprint density at radius 1 is 1.18 bits per heavy atom. The van der Waals surface area contributed by atoms with Gasteiger partial charge in [0, 0.05) is 13.1 Å². The van der Waals surface area contributed by atoms with E-state index in [4.69, 9.17) is 0 Å². The molecule has 0 heterocycles. The van der Waals surface area contributed by atoms with E-state index in [1.165, 1.54) is 38.5 Å². The van der Waals surface area contributed by atoms with Crippen LogP contribution in [0.25, 0.3) is 0 Å². The van der Waals surface area contributed by atoms with Gasteiger partial charge >= 0.3 is 0 Å². The Labute approximate surface area is 104 Å². The monoisotopic (exact) mass is 248 g/mol. The van der Waals surface area contributed by atoms with Crippen molar-refractivity contribution in [2.75, 3.05) is 33.7 Å². The van der Waals surface area contributed by atoms with E-state index >= 15 is 0 Å². The molecule has 4 heteroatoms. The zero-order valence-corrected chi connectivity index (χ0v) is 11.1. The molecule has 0 amide bonds. The van der Waals surface area contributed by atoms with Crippen molar-refractivity contribution >= 4 is 0 Å². The third kappa shape index (κ3) is 5.30. The fraction of sp³-hybridized carbons (Fsp3) is 1.00. The summed E-state index contributed by atoms with van der Waals surface area (Å²) in [6.45, 7) is 1.63. The molecule has 1 N–H and O–H groups in total. The Hall–Kier alpha value is -0.220. The number of rotatable bonds is 6. The molecule has 0 aromatic rings. The Kier molecular flexibility index (Phi) is 6.34. The van der Waals surface area contributed by atoms with E-state index in [0.29, 0.717) is 0 Å². The summed E-state index contributed by atoms with van der Waals surface area (Å²) in [4.78, 5) is 1.80. The van der Waals surface area contributed by atoms with Gasteiger partial charge in [-0.3, -0.25) is 0 Å². The molecule has 0 bridgehead atoms. The van der Waals surface area contributed by atoms with Gasteiger partial charge in [-0.1, -0.05) is 25.7 Å². The highest BCUT2D eigenvalue weighted by Crippen LogP contribution is 2.35. The van der Waals surface area contributed by atoms with Crippen LogP contribution in [0.3, 0.4) is 0 Å². The van der Waals surface area contributed by atoms with Crippen LogP contribution in [0.2, 0.25) is 0 Å². The average molecular weight is 248 g/mol. The van der Waals surface area contributed by atoms with Crippen LogP contribution in [0.15, 0.2) is 0 Å². The van der Waals surface area contributed by atoms with Gasteiger partial charge in [0.05, 0.1) is 6.54 Å². The maximum absolute atomic E-state index is 12.4. The van der Waals surface area contributed by atoms with Crippen molar-refractivity contribution in [3.8, 4) is 0 Å². The maximum Gasteiger partial charge on any atom is 0.251 e. The maximum atomic E-state index is 12.4. The summed E-state index contributed by atoms with van der Waals surface area (Å²) >= 11 is 0. The second-order valence-corrected chi connectivity index (χ2v) is 5.53. The number of hydrogen-bond donors (Lipinski definition) is 1. The van der Waals surface area contributed by atoms with Crippen LogP contribution >= 0.6 is 0 Å². The molecule has 0 saturated heterocycles. The van der Waals surface area contributed by atoms with E-state index in [9.17, 15) is 8.78 Å². The third-order valence-electron chi connectivity index (χ3n) is 3.77. The number of halogens is 2. The second kappa shape index (κ2) is 7.27. The minimum atomic E-state index is -2.22. The molecule has 1 fully saturated rings. The zero-order valence-electron chi connectivity index (χ0n) is 11.1. The first kappa shape index (κ1) is 14.8. The number of nitrogens with zero attached hydrogens (tertiary/aromatic N) is 1. The summed E-state index contributed by atoms with van der Waals surface area (Å²) in [7, 11) is 3.77. The normalized spacial score (nSPS) is 20.8. The number of hydrogen-bond acceptors (Lipinski definition) is 2. The molecule has 0 aliphatic heterocycles. The van der Waals surface area contributed by atoms with Gasteiger partial charge in [-0.15, -0.1) is 0 Å². The lowest BCUT2D eigenvalue weighted by Gasteiger charge is -2.36. The minimum absolute atomic E-state index is 0.106. The Bertz CT molecular complexity index is 202. The van der Waals surface area contributed by atoms with Gasteiger partial charge in [0.25, 0.3) is 6.43 Å². The highest BCUT2D eigenvalue weighted by Gasteiger charge is 2.31. The molecule has 2 nitrogen and oxygen atoms in total. The van der Waals surface area contributed by atoms with Crippen molar-refractivity contribution in [3.05, 3.63) is 0 Å². The lowest BCUT2D eigenvalue weighted by atomic mass is 9.79. The molecular formula is C13H26F2N2. The summed E-state index contributed by atoms with van der Waals surface area (Å²) in [5.41, 5.74) is 0.203. The summed E-state index contributed by atoms with van der Waals surface area (Å²) < 4.78 is 24.7. The van der Waals surface area contributed by atoms with Gasteiger partial charge in [-0.25, -0.2) is 8.78 Å². The third-order valence-corrected chi connectivity index (χ3v) is 3.77. The topological polar surface area (TPSA) is 15.3 Å². The number of alkyl halides is 2. The van der Waals surface area contributed by atoms with Crippen molar-refractivity contribution in [3.63, 3.8) is 0 Å². The van der Waals surface area contributed by atoms with E-state index in [2.05, 4.69) is 5.32 Å². The van der Waals surface area contributed by atoms with Gasteiger partial charge in [0.2, 0.25) is 0 Å². The Morgan fingerprint density at radius 2 is 1.76 bits per heavy atom. The Morgan fingerprint density at radius 3 is 2.24 bits per heavy atom. The lowest BCUT2D eigenvalue weighted by Crippen LogP contribution is -2.43. The molecule has 0 atom stereocenters. The standard InChI is InChI=1S/C13H26F2N2/c1-16-10-13(7-5-3-4-6-8-13)11-17(2)9-12(14)15/h12,16H,3-11H2,1-2H3. The first-order valence-electron chi connectivity index (χ1n) is 6.69. The van der Waals surface area contributed by atoms with Crippen LogP contribution in [-0.4, -0.2) is 45.1 Å². The number of nitrogens with one attached hydrogen (secondary N) is 1. The molecule has 1 saturated carbocycles. The average Bonchev–Trinajstić information content (AvgIpc) is 2.43. The molecule has 1 aliphatic carbocycles. The molecule has 102 valence electrons. The van der Waals surface area contributed by atoms with E-state index in [0.717, 1.165) is 13.1 Å². The summed E-state index contributed by atoms with van der Waals surface area (Å²) in [6.07, 6.45) is 5.18. The van der Waals surface area contributed by atoms with E-state index in [1.54, 1.807) is 4.90 Å². The van der Waals surface area contributed by atoms with Crippen molar-refractivity contribution < 1.29 is 8.78 Å². The fourth-order valence-corrected chi connectivity index (χ4v) is 3.12. The predicted octanol–water partition coefficient (Wildman–Crippen LogP) is 2.74. The van der Waals surface area contributed by atoms with Crippen molar-refractivity contribution in [2.24, 2.45) is 5.41 Å². The van der Waals surface area contributed by atoms with Crippen LogP contribution in [-0.2, 0) is 0 Å². The zero-order chi connectivity index (χ0) is 12.7. The van der Waals surface area contributed by atoms with E-state index < -0.39 is 6.43 Å². The molecule has 0 aromatic carbocycles. The van der Waals surface area contributed by atoms with Crippen LogP contribution in [0.1, 0.15) is 38.5 Å². The van der Waals surface area contributed by atoms with Crippen LogP contribution in [0.4, 0.5) is 8.78 Å². The quantitative estimate of drug-likeness (QED) is 0.727. The second-order valence-electron chi connectivity index (χ2n) is 5.53. The molecule has 17 heavy (non-hydrogen) atoms. The highest BCUT2D eigenvalue weighted by atomic mass is 19.3. The van der Waals surface area contributed by atoms with Gasteiger partial charge in [-0.2, -0.15) is 0 Å². The highest BCUT2D eigenvalue weighted by molar-refractivity contribution is 4.86. The molecular weight excluding hydrogens is 222 g/mol. The van der Waals surface area contributed by atoms with Crippen LogP contribution < -0.4 is 5.32 Å². The van der Waals surface area contributed by atoms with Crippen molar-refractivity contribution in [1.29, 1.82) is 0 Å². The smallest absolute Gasteiger partial charge is 0.251 e. The lowest BCUT2D eigenvalue weighted by molar-refractivity contribution is 0.0694. The van der Waals surface area contributed by atoms with Crippen molar-refractivity contribution in [1.82, 2.24) is 10.2 Å². The Balaban J connectivity index is 2.55. The molecule has 0 spiro atoms. The van der Waals surface area contributed by atoms with Gasteiger partial charge in [-0.05, 0) is 32.4 Å². The van der Waals surface area contributed by atoms with Crippen LogP contribution in [0, 0.1) is 5.41 Å². The molecule has 0 aromatic heterocycles. The molecule has 1 rings (SSSR count). The van der Waals surface area contributed by atoms with Gasteiger partial charge in [0.1, 0.15) is 0 Å². The minimum Gasteiger partial charge on any atom is -0.319 e. The van der Waals surface area contributed by atoms with E-state index in [1.807, 2.05) is 14.1 Å². The summed E-state index contributed by atoms with van der Waals surface area (Å²) in [5.74, 6) is 0. The largest absolute Gasteiger partial charge is 0.319 e. The van der Waals surface area contributed by atoms with Crippen molar-refractivity contribution in [2.45, 2.75) is 45.0 Å². The molecule has 1 aliphatic rings. The van der Waals surface area contributed by atoms with Crippen LogP contribution in [0.5, 0.6) is 0 Å². The molecule has 0 radical (unpaired) electrons. The van der Waals surface area contributed by atoms with Gasteiger partial charge in [0.15, 0.2) is 0 Å². The SMILES string of the molecule is CNCC1(CN(C)CC(F)F)CCCCCC1. The first-order chi connectivity index (χ1) is 8.08. The fourth-order valence-electron chi connectivity index (χ4n) is 3.12. The first-order valence-corrected chi connectivity index (χ1v) is 6.69. The van der Waals surface area contributed by atoms with E-state index in [-0.39, 0.29) is 12.0 Å². The summed E-state index contributed by atoms with van der Waals surface area (Å²) in [6, 6.07) is 0.